The number of amides is 1. The van der Waals surface area contributed by atoms with Crippen LogP contribution in [0.3, 0.4) is 0 Å². The number of benzene rings is 2. The summed E-state index contributed by atoms with van der Waals surface area (Å²) >= 11 is 0. The fourth-order valence-corrected chi connectivity index (χ4v) is 2.22. The lowest BCUT2D eigenvalue weighted by molar-refractivity contribution is 0.0940. The van der Waals surface area contributed by atoms with Gasteiger partial charge in [0.1, 0.15) is 0 Å². The van der Waals surface area contributed by atoms with Crippen molar-refractivity contribution in [2.45, 2.75) is 13.0 Å². The van der Waals surface area contributed by atoms with Gasteiger partial charge < -0.3 is 16.0 Å². The van der Waals surface area contributed by atoms with Gasteiger partial charge in [-0.3, -0.25) is 4.79 Å². The molecule has 0 bridgehead atoms. The van der Waals surface area contributed by atoms with E-state index in [0.29, 0.717) is 11.3 Å². The minimum Gasteiger partial charge on any atom is -0.399 e. The zero-order valence-electron chi connectivity index (χ0n) is 12.6. The smallest absolute Gasteiger partial charge is 0.253 e. The summed E-state index contributed by atoms with van der Waals surface area (Å²) in [5.41, 5.74) is 8.90. The second-order valence-electron chi connectivity index (χ2n) is 5.28. The number of anilines is 2. The summed E-state index contributed by atoms with van der Waals surface area (Å²) in [4.78, 5) is 14.4. The molecule has 2 aromatic rings. The van der Waals surface area contributed by atoms with Crippen molar-refractivity contribution in [3.63, 3.8) is 0 Å². The molecule has 0 saturated carbocycles. The number of nitrogens with one attached hydrogen (secondary N) is 1. The molecular weight excluding hydrogens is 262 g/mol. The predicted molar refractivity (Wildman–Crippen MR) is 87.5 cm³/mol. The van der Waals surface area contributed by atoms with E-state index in [2.05, 4.69) is 5.32 Å². The Morgan fingerprint density at radius 2 is 1.81 bits per heavy atom. The highest BCUT2D eigenvalue weighted by Crippen LogP contribution is 2.22. The highest BCUT2D eigenvalue weighted by atomic mass is 16.1. The molecule has 110 valence electrons. The van der Waals surface area contributed by atoms with Crippen molar-refractivity contribution in [1.29, 1.82) is 0 Å². The summed E-state index contributed by atoms with van der Waals surface area (Å²) in [6.07, 6.45) is 0. The van der Waals surface area contributed by atoms with Gasteiger partial charge in [-0.2, -0.15) is 0 Å². The maximum atomic E-state index is 12.5. The topological polar surface area (TPSA) is 58.4 Å². The van der Waals surface area contributed by atoms with Crippen LogP contribution in [0.5, 0.6) is 0 Å². The molecule has 0 fully saturated rings. The van der Waals surface area contributed by atoms with E-state index < -0.39 is 0 Å². The highest BCUT2D eigenvalue weighted by molar-refractivity contribution is 6.00. The Hall–Kier alpha value is -2.49. The molecule has 0 radical (unpaired) electrons. The Kier molecular flexibility index (Phi) is 4.48. The second-order valence-corrected chi connectivity index (χ2v) is 5.28. The molecule has 0 saturated heterocycles. The summed E-state index contributed by atoms with van der Waals surface area (Å²) in [6, 6.07) is 15.2. The van der Waals surface area contributed by atoms with Gasteiger partial charge in [0.15, 0.2) is 0 Å². The molecule has 2 rings (SSSR count). The van der Waals surface area contributed by atoms with Crippen LogP contribution in [0.2, 0.25) is 0 Å². The number of nitrogens with two attached hydrogens (primary N) is 1. The average molecular weight is 283 g/mol. The van der Waals surface area contributed by atoms with Gasteiger partial charge in [-0.1, -0.05) is 30.3 Å². The zero-order chi connectivity index (χ0) is 15.4. The summed E-state index contributed by atoms with van der Waals surface area (Å²) in [7, 11) is 3.81. The SMILES string of the molecule is CC(NC(=O)c1cc(N)ccc1N(C)C)c1ccccc1. The van der Waals surface area contributed by atoms with Gasteiger partial charge in [0.2, 0.25) is 0 Å². The van der Waals surface area contributed by atoms with Gasteiger partial charge in [0.25, 0.3) is 5.91 Å². The average Bonchev–Trinajstić information content (AvgIpc) is 2.47. The largest absolute Gasteiger partial charge is 0.399 e. The molecule has 0 aliphatic rings. The van der Waals surface area contributed by atoms with Gasteiger partial charge in [-0.15, -0.1) is 0 Å². The Morgan fingerprint density at radius 3 is 2.43 bits per heavy atom. The fourth-order valence-electron chi connectivity index (χ4n) is 2.22. The summed E-state index contributed by atoms with van der Waals surface area (Å²) < 4.78 is 0. The monoisotopic (exact) mass is 283 g/mol. The van der Waals surface area contributed by atoms with Crippen molar-refractivity contribution in [3.05, 3.63) is 59.7 Å². The first-order valence-electron chi connectivity index (χ1n) is 6.91. The van der Waals surface area contributed by atoms with Crippen LogP contribution < -0.4 is 16.0 Å². The number of rotatable bonds is 4. The van der Waals surface area contributed by atoms with Crippen molar-refractivity contribution >= 4 is 17.3 Å². The third kappa shape index (κ3) is 3.54. The third-order valence-electron chi connectivity index (χ3n) is 3.39. The zero-order valence-corrected chi connectivity index (χ0v) is 12.6. The molecule has 4 heteroatoms. The van der Waals surface area contributed by atoms with Gasteiger partial charge in [0.05, 0.1) is 11.6 Å². The van der Waals surface area contributed by atoms with E-state index in [9.17, 15) is 4.79 Å². The van der Waals surface area contributed by atoms with Crippen molar-refractivity contribution in [1.82, 2.24) is 5.32 Å². The highest BCUT2D eigenvalue weighted by Gasteiger charge is 2.16. The molecule has 0 heterocycles. The van der Waals surface area contributed by atoms with Crippen LogP contribution >= 0.6 is 0 Å². The molecule has 1 unspecified atom stereocenters. The Bertz CT molecular complexity index is 623. The Morgan fingerprint density at radius 1 is 1.14 bits per heavy atom. The minimum absolute atomic E-state index is 0.0601. The van der Waals surface area contributed by atoms with E-state index in [1.165, 1.54) is 0 Å². The van der Waals surface area contributed by atoms with Gasteiger partial charge in [-0.25, -0.2) is 0 Å². The molecule has 21 heavy (non-hydrogen) atoms. The van der Waals surface area contributed by atoms with Crippen LogP contribution in [-0.2, 0) is 0 Å². The number of hydrogen-bond acceptors (Lipinski definition) is 3. The molecule has 4 nitrogen and oxygen atoms in total. The van der Waals surface area contributed by atoms with Gasteiger partial charge >= 0.3 is 0 Å². The summed E-state index contributed by atoms with van der Waals surface area (Å²) in [5, 5.41) is 3.01. The van der Waals surface area contributed by atoms with Crippen LogP contribution in [0, 0.1) is 0 Å². The molecule has 0 aromatic heterocycles. The lowest BCUT2D eigenvalue weighted by Gasteiger charge is -2.20. The van der Waals surface area contributed by atoms with Crippen LogP contribution in [-0.4, -0.2) is 20.0 Å². The lowest BCUT2D eigenvalue weighted by Crippen LogP contribution is -2.28. The van der Waals surface area contributed by atoms with Crippen LogP contribution in [0.1, 0.15) is 28.9 Å². The molecule has 2 aromatic carbocycles. The standard InChI is InChI=1S/C17H21N3O/c1-12(13-7-5-4-6-8-13)19-17(21)15-11-14(18)9-10-16(15)20(2)3/h4-12H,18H2,1-3H3,(H,19,21). The minimum atomic E-state index is -0.123. The van der Waals surface area contributed by atoms with E-state index in [1.54, 1.807) is 12.1 Å². The summed E-state index contributed by atoms with van der Waals surface area (Å²) in [6.45, 7) is 1.97. The molecule has 0 spiro atoms. The van der Waals surface area contributed by atoms with E-state index >= 15 is 0 Å². The van der Waals surface area contributed by atoms with Crippen LogP contribution in [0.4, 0.5) is 11.4 Å². The first kappa shape index (κ1) is 14.9. The molecule has 0 aliphatic heterocycles. The van der Waals surface area contributed by atoms with Crippen molar-refractivity contribution in [2.24, 2.45) is 0 Å². The predicted octanol–water partition coefficient (Wildman–Crippen LogP) is 2.83. The van der Waals surface area contributed by atoms with Crippen LogP contribution in [0.15, 0.2) is 48.5 Å². The normalized spacial score (nSPS) is 11.8. The van der Waals surface area contributed by atoms with E-state index in [0.717, 1.165) is 11.3 Å². The van der Waals surface area contributed by atoms with E-state index in [-0.39, 0.29) is 11.9 Å². The second kappa shape index (κ2) is 6.31. The molecule has 3 N–H and O–H groups in total. The van der Waals surface area contributed by atoms with Gasteiger partial charge in [-0.05, 0) is 30.7 Å². The quantitative estimate of drug-likeness (QED) is 0.848. The summed E-state index contributed by atoms with van der Waals surface area (Å²) in [5.74, 6) is -0.123. The maximum absolute atomic E-state index is 12.5. The van der Waals surface area contributed by atoms with Crippen molar-refractivity contribution in [3.8, 4) is 0 Å². The first-order chi connectivity index (χ1) is 9.99. The fraction of sp³-hybridized carbons (Fsp3) is 0.235. The van der Waals surface area contributed by atoms with E-state index in [1.807, 2.05) is 62.3 Å². The Labute approximate surface area is 125 Å². The van der Waals surface area contributed by atoms with Crippen LogP contribution in [0.25, 0.3) is 0 Å². The molecule has 1 atom stereocenters. The molecular formula is C17H21N3O. The molecule has 1 amide bonds. The van der Waals surface area contributed by atoms with Crippen molar-refractivity contribution in [2.75, 3.05) is 24.7 Å². The van der Waals surface area contributed by atoms with Gasteiger partial charge in [0, 0.05) is 25.5 Å². The molecule has 0 aliphatic carbocycles. The number of carbonyl (C=O) groups is 1. The van der Waals surface area contributed by atoms with Crippen molar-refractivity contribution < 1.29 is 4.79 Å². The first-order valence-corrected chi connectivity index (χ1v) is 6.91. The Balaban J connectivity index is 2.23. The number of hydrogen-bond donors (Lipinski definition) is 2. The maximum Gasteiger partial charge on any atom is 0.253 e. The van der Waals surface area contributed by atoms with E-state index in [4.69, 9.17) is 5.73 Å². The lowest BCUT2D eigenvalue weighted by atomic mass is 10.1. The number of carbonyl (C=O) groups excluding carboxylic acids is 1. The third-order valence-corrected chi connectivity index (χ3v) is 3.39. The number of nitrogens with zero attached hydrogens (tertiary/aromatic N) is 1. The number of nitrogen functional groups attached to an aromatic ring is 1.